The van der Waals surface area contributed by atoms with Crippen LogP contribution < -0.4 is 21.1 Å². The number of hydrogen-bond donors (Lipinski definition) is 0. The maximum Gasteiger partial charge on any atom is 0.252 e. The lowest BCUT2D eigenvalue weighted by atomic mass is 10.1. The lowest BCUT2D eigenvalue weighted by Gasteiger charge is -2.24. The quantitative estimate of drug-likeness (QED) is 0.181. The molecule has 7 nitrogen and oxygen atoms in total. The van der Waals surface area contributed by atoms with E-state index in [0.29, 0.717) is 21.8 Å². The van der Waals surface area contributed by atoms with Crippen molar-refractivity contribution in [2.75, 3.05) is 4.90 Å². The molecular formula is C36H23N5O2S2. The highest BCUT2D eigenvalue weighted by Gasteiger charge is 2.20. The Morgan fingerprint density at radius 2 is 1.31 bits per heavy atom. The van der Waals surface area contributed by atoms with Crippen molar-refractivity contribution in [1.29, 1.82) is 0 Å². The van der Waals surface area contributed by atoms with Crippen LogP contribution in [0.15, 0.2) is 118 Å². The van der Waals surface area contributed by atoms with Crippen LogP contribution in [-0.2, 0) is 0 Å². The largest absolute Gasteiger partial charge is 0.302 e. The molecule has 0 amide bonds. The van der Waals surface area contributed by atoms with E-state index in [1.54, 1.807) is 23.6 Å². The van der Waals surface area contributed by atoms with Crippen molar-refractivity contribution in [2.45, 2.75) is 13.8 Å². The summed E-state index contributed by atoms with van der Waals surface area (Å²) in [5, 5.41) is 3.82. The fourth-order valence-electron chi connectivity index (χ4n) is 5.60. The normalized spacial score (nSPS) is 12.1. The van der Waals surface area contributed by atoms with Crippen molar-refractivity contribution in [1.82, 2.24) is 13.7 Å². The molecule has 0 saturated carbocycles. The van der Waals surface area contributed by atoms with Crippen LogP contribution in [-0.4, -0.2) is 13.7 Å². The third-order valence-electron chi connectivity index (χ3n) is 7.96. The molecule has 3 heterocycles. The van der Waals surface area contributed by atoms with Crippen LogP contribution in [0.1, 0.15) is 11.1 Å². The molecule has 0 aliphatic carbocycles. The summed E-state index contributed by atoms with van der Waals surface area (Å²) in [5.41, 5.74) is 5.28. The van der Waals surface area contributed by atoms with E-state index in [1.165, 1.54) is 11.1 Å². The number of fused-ring (bicyclic) bond motifs is 3. The maximum atomic E-state index is 13.1. The number of hydrogen-bond acceptors (Lipinski definition) is 9. The highest BCUT2D eigenvalue weighted by molar-refractivity contribution is 7.19. The van der Waals surface area contributed by atoms with Gasteiger partial charge in [-0.2, -0.15) is 8.75 Å². The van der Waals surface area contributed by atoms with Gasteiger partial charge in [-0.1, -0.05) is 59.7 Å². The molecule has 0 unspecified atom stereocenters. The summed E-state index contributed by atoms with van der Waals surface area (Å²) >= 11 is 2.70. The zero-order valence-electron chi connectivity index (χ0n) is 24.2. The fraction of sp³-hybridized carbons (Fsp3) is 0.0556. The zero-order chi connectivity index (χ0) is 30.7. The van der Waals surface area contributed by atoms with Crippen molar-refractivity contribution in [3.63, 3.8) is 0 Å². The Morgan fingerprint density at radius 3 is 1.98 bits per heavy atom. The molecule has 9 heteroatoms. The van der Waals surface area contributed by atoms with Gasteiger partial charge in [-0.15, -0.1) is 11.3 Å². The summed E-state index contributed by atoms with van der Waals surface area (Å²) < 4.78 is 9.11. The molecule has 5 aromatic carbocycles. The van der Waals surface area contributed by atoms with E-state index in [2.05, 4.69) is 98.1 Å². The summed E-state index contributed by atoms with van der Waals surface area (Å²) in [6, 6.07) is 32.4. The van der Waals surface area contributed by atoms with E-state index in [1.807, 2.05) is 30.3 Å². The molecule has 8 rings (SSSR count). The fourth-order valence-corrected chi connectivity index (χ4v) is 7.22. The van der Waals surface area contributed by atoms with E-state index in [4.69, 9.17) is 0 Å². The first-order valence-electron chi connectivity index (χ1n) is 14.3. The van der Waals surface area contributed by atoms with Gasteiger partial charge < -0.3 is 4.90 Å². The van der Waals surface area contributed by atoms with E-state index < -0.39 is 10.9 Å². The van der Waals surface area contributed by atoms with Crippen molar-refractivity contribution < 1.29 is 0 Å². The van der Waals surface area contributed by atoms with Gasteiger partial charge >= 0.3 is 0 Å². The number of benzene rings is 4. The molecule has 0 fully saturated rings. The second kappa shape index (κ2) is 10.7. The van der Waals surface area contributed by atoms with Crippen LogP contribution in [0.3, 0.4) is 0 Å². The van der Waals surface area contributed by atoms with Gasteiger partial charge in [0.25, 0.3) is 5.43 Å². The molecular weight excluding hydrogens is 599 g/mol. The Hall–Kier alpha value is -5.38. The van der Waals surface area contributed by atoms with E-state index in [-0.39, 0.29) is 11.2 Å². The summed E-state index contributed by atoms with van der Waals surface area (Å²) in [7, 11) is 0. The van der Waals surface area contributed by atoms with Crippen molar-refractivity contribution in [3.05, 3.63) is 140 Å². The van der Waals surface area contributed by atoms with Gasteiger partial charge in [0.15, 0.2) is 5.82 Å². The Kier molecular flexibility index (Phi) is 6.44. The number of aryl methyl sites for hydroxylation is 2. The molecule has 216 valence electrons. The molecule has 0 bridgehead atoms. The van der Waals surface area contributed by atoms with Crippen LogP contribution in [0.2, 0.25) is 0 Å². The first-order chi connectivity index (χ1) is 21.9. The number of anilines is 3. The molecule has 0 aliphatic rings. The van der Waals surface area contributed by atoms with Crippen LogP contribution in [0.5, 0.6) is 0 Å². The second-order valence-corrected chi connectivity index (χ2v) is 12.6. The van der Waals surface area contributed by atoms with Crippen molar-refractivity contribution >= 4 is 77.8 Å². The number of pyridine rings is 1. The third kappa shape index (κ3) is 4.64. The van der Waals surface area contributed by atoms with E-state index in [9.17, 15) is 9.59 Å². The van der Waals surface area contributed by atoms with Gasteiger partial charge in [0.1, 0.15) is 21.4 Å². The van der Waals surface area contributed by atoms with E-state index in [0.717, 1.165) is 49.3 Å². The SMILES string of the molecule is Cc1ccc(N(c2ccc(C)cc2)c2ccc(-c3cnc(/N=c4\c(=O)c(=O)c5cc6ccccc6cc45)c4nsnc34)s2)cc1. The number of aromatic nitrogens is 3. The molecule has 0 atom stereocenters. The minimum Gasteiger partial charge on any atom is -0.302 e. The predicted molar refractivity (Wildman–Crippen MR) is 184 cm³/mol. The molecule has 3 aromatic heterocycles. The Morgan fingerprint density at radius 1 is 0.689 bits per heavy atom. The first kappa shape index (κ1) is 27.2. The first-order valence-corrected chi connectivity index (χ1v) is 15.8. The van der Waals surface area contributed by atoms with Gasteiger partial charge in [-0.05, 0) is 73.2 Å². The van der Waals surface area contributed by atoms with Gasteiger partial charge in [-0.25, -0.2) is 9.98 Å². The monoisotopic (exact) mass is 621 g/mol. The van der Waals surface area contributed by atoms with Gasteiger partial charge in [0.05, 0.1) is 11.7 Å². The number of rotatable bonds is 5. The zero-order valence-corrected chi connectivity index (χ0v) is 25.8. The average Bonchev–Trinajstić information content (AvgIpc) is 3.79. The summed E-state index contributed by atoms with van der Waals surface area (Å²) in [5.74, 6) is 0.261. The lowest BCUT2D eigenvalue weighted by Crippen LogP contribution is -2.30. The van der Waals surface area contributed by atoms with Crippen LogP contribution >= 0.6 is 23.1 Å². The van der Waals surface area contributed by atoms with Gasteiger partial charge in [0.2, 0.25) is 5.43 Å². The van der Waals surface area contributed by atoms with Crippen molar-refractivity contribution in [3.8, 4) is 10.4 Å². The Labute approximate surface area is 265 Å². The molecule has 0 radical (unpaired) electrons. The highest BCUT2D eigenvalue weighted by Crippen LogP contribution is 2.43. The van der Waals surface area contributed by atoms with Crippen LogP contribution in [0.4, 0.5) is 22.2 Å². The maximum absolute atomic E-state index is 13.1. The minimum atomic E-state index is -0.641. The summed E-state index contributed by atoms with van der Waals surface area (Å²) in [6.45, 7) is 4.16. The summed E-state index contributed by atoms with van der Waals surface area (Å²) in [4.78, 5) is 38.5. The highest BCUT2D eigenvalue weighted by atomic mass is 32.1. The van der Waals surface area contributed by atoms with Crippen molar-refractivity contribution in [2.24, 2.45) is 4.99 Å². The molecule has 0 spiro atoms. The van der Waals surface area contributed by atoms with Crippen LogP contribution in [0, 0.1) is 13.8 Å². The van der Waals surface area contributed by atoms with Gasteiger partial charge in [-0.3, -0.25) is 9.59 Å². The van der Waals surface area contributed by atoms with Crippen LogP contribution in [0.25, 0.3) is 43.0 Å². The molecule has 8 aromatic rings. The average molecular weight is 622 g/mol. The molecule has 45 heavy (non-hydrogen) atoms. The topological polar surface area (TPSA) is 88.4 Å². The Balaban J connectivity index is 1.24. The minimum absolute atomic E-state index is 0.0838. The van der Waals surface area contributed by atoms with E-state index >= 15 is 0 Å². The number of nitrogens with zero attached hydrogens (tertiary/aromatic N) is 5. The molecule has 0 aliphatic heterocycles. The third-order valence-corrected chi connectivity index (χ3v) is 9.59. The molecule has 0 saturated heterocycles. The standard InChI is InChI=1S/C36H23N5O2S2/c1-20-7-11-24(12-8-20)41(25-13-9-21(2)10-14-25)30-16-15-29(44-30)28-19-37-36(33-31(28)39-45-40-33)38-32-26-17-22-5-3-4-6-23(22)18-27(26)34(42)35(32)43/h3-19H,1-2H3/b38-32-. The molecule has 0 N–H and O–H groups in total. The second-order valence-electron chi connectivity index (χ2n) is 11.0. The summed E-state index contributed by atoms with van der Waals surface area (Å²) in [6.07, 6.45) is 1.73. The lowest BCUT2D eigenvalue weighted by molar-refractivity contribution is 1.23. The van der Waals surface area contributed by atoms with Gasteiger partial charge in [0, 0.05) is 38.8 Å². The Bertz CT molecular complexity index is 2510. The predicted octanol–water partition coefficient (Wildman–Crippen LogP) is 8.04. The number of thiophene rings is 1. The smallest absolute Gasteiger partial charge is 0.252 e.